The van der Waals surface area contributed by atoms with E-state index in [1.54, 1.807) is 24.3 Å². The molecular weight excluding hydrogens is 583 g/mol. The molecule has 1 amide bonds. The minimum Gasteiger partial charge on any atom is -0.487 e. The van der Waals surface area contributed by atoms with Crippen LogP contribution in [0.3, 0.4) is 0 Å². The Hall–Kier alpha value is -1.33. The largest absolute Gasteiger partial charge is 0.487 e. The third kappa shape index (κ3) is 6.13. The third-order valence-electron chi connectivity index (χ3n) is 3.17. The van der Waals surface area contributed by atoms with Crippen molar-refractivity contribution >= 4 is 74.7 Å². The van der Waals surface area contributed by atoms with E-state index >= 15 is 0 Å². The van der Waals surface area contributed by atoms with Crippen LogP contribution in [0.2, 0.25) is 5.02 Å². The summed E-state index contributed by atoms with van der Waals surface area (Å²) in [5.74, 6) is -0.922. The molecule has 0 fully saturated rings. The van der Waals surface area contributed by atoms with E-state index in [0.717, 1.165) is 18.5 Å². The minimum absolute atomic E-state index is 0.182. The molecule has 136 valence electrons. The van der Waals surface area contributed by atoms with Gasteiger partial charge in [0.1, 0.15) is 18.1 Å². The zero-order valence-corrected chi connectivity index (χ0v) is 18.6. The molecule has 2 rings (SSSR count). The number of hydrogen-bond acceptors (Lipinski definition) is 3. The van der Waals surface area contributed by atoms with E-state index in [4.69, 9.17) is 16.3 Å². The van der Waals surface area contributed by atoms with Crippen molar-refractivity contribution in [1.29, 1.82) is 0 Å². The Labute approximate surface area is 183 Å². The number of carbonyl (C=O) groups is 2. The van der Waals surface area contributed by atoms with Crippen LogP contribution >= 0.6 is 56.8 Å². The quantitative estimate of drug-likeness (QED) is 0.375. The van der Waals surface area contributed by atoms with Crippen molar-refractivity contribution in [2.24, 2.45) is 0 Å². The molecule has 0 bridgehead atoms. The van der Waals surface area contributed by atoms with Gasteiger partial charge in [0.25, 0.3) is 0 Å². The fourth-order valence-electron chi connectivity index (χ4n) is 2.04. The molecule has 0 aromatic heterocycles. The summed E-state index contributed by atoms with van der Waals surface area (Å²) in [6.45, 7) is 1.66. The molecule has 0 aliphatic carbocycles. The number of halogens is 3. The number of benzene rings is 2. The fraction of sp³-hybridized carbons (Fsp3) is 0.111. The summed E-state index contributed by atoms with van der Waals surface area (Å²) in [6.07, 6.45) is 1.41. The van der Waals surface area contributed by atoms with Crippen LogP contribution in [0.4, 0.5) is 0 Å². The van der Waals surface area contributed by atoms with Crippen molar-refractivity contribution in [2.45, 2.75) is 13.5 Å². The van der Waals surface area contributed by atoms with E-state index in [0.29, 0.717) is 17.2 Å². The number of carbonyl (C=O) groups excluding carboxylic acids is 1. The fourth-order valence-corrected chi connectivity index (χ4v) is 4.30. The molecule has 0 aliphatic heterocycles. The average Bonchev–Trinajstić information content (AvgIpc) is 2.54. The molecule has 26 heavy (non-hydrogen) atoms. The highest BCUT2D eigenvalue weighted by Gasteiger charge is 2.12. The lowest BCUT2D eigenvalue weighted by atomic mass is 10.2. The molecule has 0 saturated carbocycles. The minimum atomic E-state index is -1.20. The molecule has 0 aliphatic rings. The first-order valence-corrected chi connectivity index (χ1v) is 9.88. The summed E-state index contributed by atoms with van der Waals surface area (Å²) in [6, 6.07) is 11.0. The van der Waals surface area contributed by atoms with Gasteiger partial charge in [-0.2, -0.15) is 0 Å². The number of carboxylic acid groups (broad SMARTS) is 1. The number of hydrogen-bond donors (Lipinski definition) is 2. The van der Waals surface area contributed by atoms with E-state index in [-0.39, 0.29) is 5.70 Å². The number of nitrogens with one attached hydrogen (secondary N) is 1. The predicted molar refractivity (Wildman–Crippen MR) is 117 cm³/mol. The van der Waals surface area contributed by atoms with Crippen molar-refractivity contribution in [3.63, 3.8) is 0 Å². The molecule has 2 aromatic rings. The van der Waals surface area contributed by atoms with Gasteiger partial charge in [-0.1, -0.05) is 23.7 Å². The number of rotatable bonds is 6. The lowest BCUT2D eigenvalue weighted by Crippen LogP contribution is -2.24. The van der Waals surface area contributed by atoms with Crippen LogP contribution in [0, 0.1) is 7.14 Å². The standard InChI is InChI=1S/C18H14ClI2NO4/c1-10(23)22-16(18(24)25)8-12-6-14(20)17(15(21)7-12)26-9-11-2-4-13(19)5-3-11/h2-8H,9H2,1H3,(H,22,23)(H,24,25). The Morgan fingerprint density at radius 3 is 2.27 bits per heavy atom. The third-order valence-corrected chi connectivity index (χ3v) is 5.02. The van der Waals surface area contributed by atoms with Gasteiger partial charge >= 0.3 is 5.97 Å². The Morgan fingerprint density at radius 1 is 1.19 bits per heavy atom. The van der Waals surface area contributed by atoms with Gasteiger partial charge in [0.15, 0.2) is 0 Å². The first-order chi connectivity index (χ1) is 12.3. The van der Waals surface area contributed by atoms with Crippen molar-refractivity contribution in [1.82, 2.24) is 5.32 Å². The summed E-state index contributed by atoms with van der Waals surface area (Å²) in [7, 11) is 0. The monoisotopic (exact) mass is 597 g/mol. The molecule has 0 heterocycles. The second kappa shape index (κ2) is 9.56. The van der Waals surface area contributed by atoms with Gasteiger partial charge < -0.3 is 15.2 Å². The normalized spacial score (nSPS) is 11.2. The number of carboxylic acids is 1. The SMILES string of the molecule is CC(=O)NC(=Cc1cc(I)c(OCc2ccc(Cl)cc2)c(I)c1)C(=O)O. The average molecular weight is 598 g/mol. The molecule has 0 saturated heterocycles. The van der Waals surface area contributed by atoms with Gasteiger partial charge in [-0.3, -0.25) is 4.79 Å². The highest BCUT2D eigenvalue weighted by atomic mass is 127. The van der Waals surface area contributed by atoms with Gasteiger partial charge in [-0.15, -0.1) is 0 Å². The van der Waals surface area contributed by atoms with Gasteiger partial charge in [0, 0.05) is 11.9 Å². The van der Waals surface area contributed by atoms with E-state index in [1.807, 2.05) is 12.1 Å². The lowest BCUT2D eigenvalue weighted by Gasteiger charge is -2.12. The zero-order chi connectivity index (χ0) is 19.3. The molecule has 0 radical (unpaired) electrons. The Morgan fingerprint density at radius 2 is 1.77 bits per heavy atom. The van der Waals surface area contributed by atoms with Crippen LogP contribution < -0.4 is 10.1 Å². The topological polar surface area (TPSA) is 75.6 Å². The van der Waals surface area contributed by atoms with Crippen molar-refractivity contribution < 1.29 is 19.4 Å². The van der Waals surface area contributed by atoms with Gasteiger partial charge in [-0.25, -0.2) is 4.79 Å². The zero-order valence-electron chi connectivity index (χ0n) is 13.6. The smallest absolute Gasteiger partial charge is 0.352 e. The summed E-state index contributed by atoms with van der Waals surface area (Å²) >= 11 is 10.1. The Bertz CT molecular complexity index is 843. The molecule has 0 atom stereocenters. The van der Waals surface area contributed by atoms with Crippen LogP contribution in [0.1, 0.15) is 18.1 Å². The highest BCUT2D eigenvalue weighted by Crippen LogP contribution is 2.30. The first-order valence-electron chi connectivity index (χ1n) is 7.35. The van der Waals surface area contributed by atoms with E-state index in [1.165, 1.54) is 13.0 Å². The lowest BCUT2D eigenvalue weighted by molar-refractivity contribution is -0.134. The maximum Gasteiger partial charge on any atom is 0.352 e. The first kappa shape index (κ1) is 21.0. The molecule has 5 nitrogen and oxygen atoms in total. The van der Waals surface area contributed by atoms with Crippen LogP contribution in [0.5, 0.6) is 5.75 Å². The molecular formula is C18H14ClI2NO4. The van der Waals surface area contributed by atoms with Crippen LogP contribution in [-0.4, -0.2) is 17.0 Å². The second-order valence-electron chi connectivity index (χ2n) is 5.27. The second-order valence-corrected chi connectivity index (χ2v) is 8.03. The molecule has 0 unspecified atom stereocenters. The molecule has 2 N–H and O–H groups in total. The van der Waals surface area contributed by atoms with E-state index in [9.17, 15) is 14.7 Å². The maximum atomic E-state index is 11.2. The summed E-state index contributed by atoms with van der Waals surface area (Å²) in [5.41, 5.74) is 1.46. The summed E-state index contributed by atoms with van der Waals surface area (Å²) in [4.78, 5) is 22.4. The Kier molecular flexibility index (Phi) is 7.71. The summed E-state index contributed by atoms with van der Waals surface area (Å²) in [5, 5.41) is 12.2. The van der Waals surface area contributed by atoms with Crippen LogP contribution in [0.25, 0.3) is 6.08 Å². The molecule has 8 heteroatoms. The van der Waals surface area contributed by atoms with Gasteiger partial charge in [0.2, 0.25) is 5.91 Å². The number of amides is 1. The van der Waals surface area contributed by atoms with Gasteiger partial charge in [0.05, 0.1) is 7.14 Å². The highest BCUT2D eigenvalue weighted by molar-refractivity contribution is 14.1. The van der Waals surface area contributed by atoms with Crippen molar-refractivity contribution in [3.05, 3.63) is 65.4 Å². The van der Waals surface area contributed by atoms with Crippen LogP contribution in [0.15, 0.2) is 42.1 Å². The predicted octanol–water partition coefficient (Wildman–Crippen LogP) is 4.69. The maximum absolute atomic E-state index is 11.2. The number of ether oxygens (including phenoxy) is 1. The molecule has 2 aromatic carbocycles. The Balaban J connectivity index is 2.22. The van der Waals surface area contributed by atoms with Gasteiger partial charge in [-0.05, 0) is 86.7 Å². The van der Waals surface area contributed by atoms with E-state index in [2.05, 4.69) is 50.5 Å². The molecule has 0 spiro atoms. The van der Waals surface area contributed by atoms with Crippen molar-refractivity contribution in [3.8, 4) is 5.75 Å². The van der Waals surface area contributed by atoms with Crippen LogP contribution in [-0.2, 0) is 16.2 Å². The van der Waals surface area contributed by atoms with Crippen molar-refractivity contribution in [2.75, 3.05) is 0 Å². The number of aliphatic carboxylic acids is 1. The summed E-state index contributed by atoms with van der Waals surface area (Å²) < 4.78 is 7.57. The van der Waals surface area contributed by atoms with E-state index < -0.39 is 11.9 Å².